The molecule has 0 bridgehead atoms. The Hall–Kier alpha value is -1.69. The summed E-state index contributed by atoms with van der Waals surface area (Å²) in [6.07, 6.45) is 8.16. The molecule has 0 amide bonds. The molecule has 1 aliphatic heterocycles. The molecule has 3 heterocycles. The first-order valence-corrected chi connectivity index (χ1v) is 6.83. The zero-order valence-electron chi connectivity index (χ0n) is 11.2. The Morgan fingerprint density at radius 1 is 1.42 bits per heavy atom. The first kappa shape index (κ1) is 12.3. The van der Waals surface area contributed by atoms with Crippen molar-refractivity contribution < 1.29 is 4.52 Å². The first-order valence-electron chi connectivity index (χ1n) is 6.83. The van der Waals surface area contributed by atoms with E-state index < -0.39 is 0 Å². The number of hydrogen-bond donors (Lipinski definition) is 1. The van der Waals surface area contributed by atoms with Gasteiger partial charge in [-0.05, 0) is 38.3 Å². The molecule has 0 aromatic carbocycles. The molecule has 0 saturated carbocycles. The summed E-state index contributed by atoms with van der Waals surface area (Å²) >= 11 is 0. The van der Waals surface area contributed by atoms with Gasteiger partial charge in [0.05, 0.1) is 11.8 Å². The van der Waals surface area contributed by atoms with Crippen LogP contribution in [-0.2, 0) is 13.5 Å². The number of hydrogen-bond acceptors (Lipinski definition) is 5. The van der Waals surface area contributed by atoms with Gasteiger partial charge in [0.1, 0.15) is 0 Å². The lowest BCUT2D eigenvalue weighted by atomic mass is 9.93. The molecule has 102 valence electrons. The van der Waals surface area contributed by atoms with Gasteiger partial charge in [0.25, 0.3) is 0 Å². The second-order valence-electron chi connectivity index (χ2n) is 5.15. The molecule has 1 fully saturated rings. The highest BCUT2D eigenvalue weighted by molar-refractivity contribution is 5.50. The summed E-state index contributed by atoms with van der Waals surface area (Å²) in [4.78, 5) is 4.43. The third-order valence-electron chi connectivity index (χ3n) is 3.66. The minimum absolute atomic E-state index is 0.633. The molecular formula is C13H19N5O. The fourth-order valence-corrected chi connectivity index (χ4v) is 2.51. The van der Waals surface area contributed by atoms with E-state index in [4.69, 9.17) is 4.52 Å². The van der Waals surface area contributed by atoms with Crippen LogP contribution in [0.1, 0.15) is 25.2 Å². The highest BCUT2D eigenvalue weighted by Gasteiger charge is 2.15. The van der Waals surface area contributed by atoms with E-state index in [1.54, 1.807) is 10.9 Å². The number of aromatic nitrogens is 4. The van der Waals surface area contributed by atoms with Crippen LogP contribution in [0.4, 0.5) is 0 Å². The van der Waals surface area contributed by atoms with E-state index in [0.29, 0.717) is 5.82 Å². The summed E-state index contributed by atoms with van der Waals surface area (Å²) in [6.45, 7) is 2.27. The fraction of sp³-hybridized carbons (Fsp3) is 0.615. The lowest BCUT2D eigenvalue weighted by Gasteiger charge is -2.21. The van der Waals surface area contributed by atoms with Crippen LogP contribution in [0.15, 0.2) is 16.9 Å². The molecule has 19 heavy (non-hydrogen) atoms. The van der Waals surface area contributed by atoms with Gasteiger partial charge in [-0.3, -0.25) is 4.68 Å². The lowest BCUT2D eigenvalue weighted by molar-refractivity contribution is 0.324. The third kappa shape index (κ3) is 3.01. The molecule has 2 aromatic heterocycles. The maximum atomic E-state index is 5.31. The van der Waals surface area contributed by atoms with Gasteiger partial charge < -0.3 is 9.84 Å². The van der Waals surface area contributed by atoms with Crippen molar-refractivity contribution in [3.8, 4) is 11.4 Å². The molecule has 2 aromatic rings. The Kier molecular flexibility index (Phi) is 3.59. The second-order valence-corrected chi connectivity index (χ2v) is 5.15. The molecule has 1 saturated heterocycles. The molecular weight excluding hydrogens is 242 g/mol. The van der Waals surface area contributed by atoms with Crippen molar-refractivity contribution in [2.24, 2.45) is 13.0 Å². The Morgan fingerprint density at radius 2 is 2.26 bits per heavy atom. The standard InChI is InChI=1S/C13H19N5O/c1-18-9-11(8-15-18)13-16-12(19-17-13)3-2-10-4-6-14-7-5-10/h8-10,14H,2-7H2,1H3. The zero-order valence-corrected chi connectivity index (χ0v) is 11.2. The second kappa shape index (κ2) is 5.52. The Balaban J connectivity index is 1.58. The predicted molar refractivity (Wildman–Crippen MR) is 70.4 cm³/mol. The van der Waals surface area contributed by atoms with Crippen LogP contribution in [0.3, 0.4) is 0 Å². The van der Waals surface area contributed by atoms with Crippen LogP contribution in [-0.4, -0.2) is 33.0 Å². The van der Waals surface area contributed by atoms with Crippen LogP contribution in [0.2, 0.25) is 0 Å². The van der Waals surface area contributed by atoms with Crippen LogP contribution in [0.25, 0.3) is 11.4 Å². The summed E-state index contributed by atoms with van der Waals surface area (Å²) in [5.74, 6) is 2.15. The molecule has 0 atom stereocenters. The van der Waals surface area contributed by atoms with E-state index in [2.05, 4.69) is 20.6 Å². The van der Waals surface area contributed by atoms with Crippen molar-refractivity contribution in [3.63, 3.8) is 0 Å². The van der Waals surface area contributed by atoms with E-state index in [-0.39, 0.29) is 0 Å². The SMILES string of the molecule is Cn1cc(-c2noc(CCC3CCNCC3)n2)cn1. The van der Waals surface area contributed by atoms with E-state index in [1.807, 2.05) is 13.2 Å². The van der Waals surface area contributed by atoms with E-state index in [1.165, 1.54) is 12.8 Å². The highest BCUT2D eigenvalue weighted by atomic mass is 16.5. The van der Waals surface area contributed by atoms with Crippen LogP contribution in [0.5, 0.6) is 0 Å². The number of rotatable bonds is 4. The average molecular weight is 261 g/mol. The van der Waals surface area contributed by atoms with Gasteiger partial charge >= 0.3 is 0 Å². The summed E-state index contributed by atoms with van der Waals surface area (Å²) in [5, 5.41) is 11.5. The topological polar surface area (TPSA) is 68.8 Å². The van der Waals surface area contributed by atoms with Crippen molar-refractivity contribution in [1.29, 1.82) is 0 Å². The third-order valence-corrected chi connectivity index (χ3v) is 3.66. The molecule has 3 rings (SSSR count). The van der Waals surface area contributed by atoms with Gasteiger partial charge in [-0.2, -0.15) is 10.1 Å². The molecule has 6 heteroatoms. The molecule has 0 radical (unpaired) electrons. The highest BCUT2D eigenvalue weighted by Crippen LogP contribution is 2.20. The molecule has 0 unspecified atom stereocenters. The number of aryl methyl sites for hydroxylation is 2. The Labute approximate surface area is 112 Å². The van der Waals surface area contributed by atoms with Gasteiger partial charge in [-0.1, -0.05) is 5.16 Å². The van der Waals surface area contributed by atoms with Gasteiger partial charge in [0.2, 0.25) is 11.7 Å². The average Bonchev–Trinajstić information content (AvgIpc) is 3.06. The van der Waals surface area contributed by atoms with E-state index >= 15 is 0 Å². The van der Waals surface area contributed by atoms with Gasteiger partial charge in [0, 0.05) is 19.7 Å². The number of nitrogens with zero attached hydrogens (tertiary/aromatic N) is 4. The lowest BCUT2D eigenvalue weighted by Crippen LogP contribution is -2.27. The van der Waals surface area contributed by atoms with Crippen molar-refractivity contribution >= 4 is 0 Å². The summed E-state index contributed by atoms with van der Waals surface area (Å²) < 4.78 is 7.04. The summed E-state index contributed by atoms with van der Waals surface area (Å²) in [5.41, 5.74) is 0.902. The van der Waals surface area contributed by atoms with Crippen molar-refractivity contribution in [2.45, 2.75) is 25.7 Å². The Bertz CT molecular complexity index is 527. The predicted octanol–water partition coefficient (Wildman–Crippen LogP) is 1.40. The molecule has 6 nitrogen and oxygen atoms in total. The van der Waals surface area contributed by atoms with Crippen LogP contribution >= 0.6 is 0 Å². The minimum Gasteiger partial charge on any atom is -0.339 e. The molecule has 1 N–H and O–H groups in total. The van der Waals surface area contributed by atoms with Crippen molar-refractivity contribution in [3.05, 3.63) is 18.3 Å². The number of piperidine rings is 1. The summed E-state index contributed by atoms with van der Waals surface area (Å²) in [6, 6.07) is 0. The Morgan fingerprint density at radius 3 is 3.00 bits per heavy atom. The van der Waals surface area contributed by atoms with E-state index in [0.717, 1.165) is 43.3 Å². The van der Waals surface area contributed by atoms with Gasteiger partial charge in [-0.25, -0.2) is 0 Å². The van der Waals surface area contributed by atoms with Crippen LogP contribution in [0, 0.1) is 5.92 Å². The maximum Gasteiger partial charge on any atom is 0.226 e. The smallest absolute Gasteiger partial charge is 0.226 e. The van der Waals surface area contributed by atoms with Gasteiger partial charge in [-0.15, -0.1) is 0 Å². The molecule has 0 aliphatic carbocycles. The number of nitrogens with one attached hydrogen (secondary N) is 1. The van der Waals surface area contributed by atoms with Crippen molar-refractivity contribution in [2.75, 3.05) is 13.1 Å². The first-order chi connectivity index (χ1) is 9.31. The monoisotopic (exact) mass is 261 g/mol. The molecule has 1 aliphatic rings. The zero-order chi connectivity index (χ0) is 13.1. The normalized spacial score (nSPS) is 16.9. The van der Waals surface area contributed by atoms with Crippen LogP contribution < -0.4 is 5.32 Å². The molecule has 0 spiro atoms. The maximum absolute atomic E-state index is 5.31. The van der Waals surface area contributed by atoms with Crippen molar-refractivity contribution in [1.82, 2.24) is 25.2 Å². The summed E-state index contributed by atoms with van der Waals surface area (Å²) in [7, 11) is 1.88. The van der Waals surface area contributed by atoms with E-state index in [9.17, 15) is 0 Å². The minimum atomic E-state index is 0.633. The van der Waals surface area contributed by atoms with Gasteiger partial charge in [0.15, 0.2) is 0 Å². The fourth-order valence-electron chi connectivity index (χ4n) is 2.51. The largest absolute Gasteiger partial charge is 0.339 e. The quantitative estimate of drug-likeness (QED) is 0.901.